The Labute approximate surface area is 198 Å². The molecule has 33 heavy (non-hydrogen) atoms. The van der Waals surface area contributed by atoms with E-state index < -0.39 is 0 Å². The molecule has 0 aliphatic rings. The smallest absolute Gasteiger partial charge is 0.191 e. The van der Waals surface area contributed by atoms with Crippen LogP contribution in [0.4, 0.5) is 5.69 Å². The zero-order valence-corrected chi connectivity index (χ0v) is 19.2. The fourth-order valence-corrected chi connectivity index (χ4v) is 3.67. The Bertz CT molecular complexity index is 1220. The summed E-state index contributed by atoms with van der Waals surface area (Å²) in [6, 6.07) is 25.7. The molecule has 0 unspecified atom stereocenters. The molecule has 0 saturated carbocycles. The largest absolute Gasteiger partial charge is 0.497 e. The Morgan fingerprint density at radius 3 is 2.52 bits per heavy atom. The predicted molar refractivity (Wildman–Crippen MR) is 138 cm³/mol. The number of anilines is 1. The van der Waals surface area contributed by atoms with Gasteiger partial charge in [0.05, 0.1) is 19.9 Å². The first kappa shape index (κ1) is 22.4. The van der Waals surface area contributed by atoms with Crippen LogP contribution in [0.5, 0.6) is 11.5 Å². The third-order valence-corrected chi connectivity index (χ3v) is 5.29. The summed E-state index contributed by atoms with van der Waals surface area (Å²) in [7, 11) is 1.64. The zero-order valence-electron chi connectivity index (χ0n) is 18.4. The summed E-state index contributed by atoms with van der Waals surface area (Å²) in [5.41, 5.74) is 5.93. The maximum absolute atomic E-state index is 5.82. The molecule has 0 spiro atoms. The van der Waals surface area contributed by atoms with Crippen molar-refractivity contribution >= 4 is 40.1 Å². The highest BCUT2D eigenvalue weighted by Crippen LogP contribution is 2.20. The van der Waals surface area contributed by atoms with Gasteiger partial charge in [-0.3, -0.25) is 5.43 Å². The molecule has 1 aromatic heterocycles. The highest BCUT2D eigenvalue weighted by atomic mass is 32.1. The summed E-state index contributed by atoms with van der Waals surface area (Å²) in [5.74, 6) is 1.69. The Morgan fingerprint density at radius 2 is 1.73 bits per heavy atom. The maximum atomic E-state index is 5.82. The van der Waals surface area contributed by atoms with Crippen molar-refractivity contribution in [3.05, 3.63) is 90.6 Å². The normalized spacial score (nSPS) is 10.9. The van der Waals surface area contributed by atoms with Gasteiger partial charge in [0.1, 0.15) is 11.5 Å². The number of fused-ring (bicyclic) bond motifs is 1. The van der Waals surface area contributed by atoms with Crippen molar-refractivity contribution in [3.63, 3.8) is 0 Å². The summed E-state index contributed by atoms with van der Waals surface area (Å²) >= 11 is 5.34. The van der Waals surface area contributed by atoms with E-state index in [1.165, 1.54) is 0 Å². The molecule has 6 nitrogen and oxygen atoms in total. The van der Waals surface area contributed by atoms with Crippen molar-refractivity contribution in [1.29, 1.82) is 0 Å². The van der Waals surface area contributed by atoms with Gasteiger partial charge >= 0.3 is 0 Å². The molecular weight excluding hydrogens is 432 g/mol. The van der Waals surface area contributed by atoms with E-state index in [2.05, 4.69) is 38.7 Å². The van der Waals surface area contributed by atoms with Crippen molar-refractivity contribution in [2.75, 3.05) is 19.0 Å². The second-order valence-corrected chi connectivity index (χ2v) is 7.77. The van der Waals surface area contributed by atoms with Crippen LogP contribution < -0.4 is 20.2 Å². The first-order valence-electron chi connectivity index (χ1n) is 10.7. The fourth-order valence-electron chi connectivity index (χ4n) is 3.50. The lowest BCUT2D eigenvalue weighted by atomic mass is 10.2. The van der Waals surface area contributed by atoms with Crippen LogP contribution in [0.2, 0.25) is 0 Å². The average Bonchev–Trinajstić information content (AvgIpc) is 3.20. The summed E-state index contributed by atoms with van der Waals surface area (Å²) in [6.07, 6.45) is 4.80. The first-order valence-corrected chi connectivity index (χ1v) is 11.1. The molecule has 168 valence electrons. The molecule has 0 aliphatic heterocycles. The predicted octanol–water partition coefficient (Wildman–Crippen LogP) is 5.44. The number of hydrazone groups is 1. The lowest BCUT2D eigenvalue weighted by Gasteiger charge is -2.07. The van der Waals surface area contributed by atoms with E-state index in [-0.39, 0.29) is 0 Å². The number of aromatic nitrogens is 1. The molecular formula is C26H26N4O2S. The van der Waals surface area contributed by atoms with Crippen LogP contribution in [0.15, 0.2) is 90.2 Å². The lowest BCUT2D eigenvalue weighted by molar-refractivity contribution is 0.302. The third-order valence-electron chi connectivity index (χ3n) is 5.09. The molecule has 0 saturated heterocycles. The molecule has 0 atom stereocenters. The Hall–Kier alpha value is -3.84. The van der Waals surface area contributed by atoms with E-state index in [9.17, 15) is 0 Å². The molecule has 0 radical (unpaired) electrons. The van der Waals surface area contributed by atoms with E-state index in [1.807, 2.05) is 66.7 Å². The number of hydrogen-bond donors (Lipinski definition) is 2. The van der Waals surface area contributed by atoms with Crippen molar-refractivity contribution in [1.82, 2.24) is 9.99 Å². The molecule has 7 heteroatoms. The van der Waals surface area contributed by atoms with Crippen molar-refractivity contribution in [3.8, 4) is 11.5 Å². The van der Waals surface area contributed by atoms with Gasteiger partial charge in [0, 0.05) is 34.9 Å². The van der Waals surface area contributed by atoms with Gasteiger partial charge in [-0.25, -0.2) is 0 Å². The molecule has 4 rings (SSSR count). The summed E-state index contributed by atoms with van der Waals surface area (Å²) in [6.45, 7) is 1.51. The molecule has 3 aromatic carbocycles. The highest BCUT2D eigenvalue weighted by molar-refractivity contribution is 7.80. The topological polar surface area (TPSA) is 59.8 Å². The summed E-state index contributed by atoms with van der Waals surface area (Å²) in [5, 5.41) is 8.99. The van der Waals surface area contributed by atoms with Crippen LogP contribution in [0.1, 0.15) is 12.0 Å². The Balaban J connectivity index is 1.35. The Kier molecular flexibility index (Phi) is 7.56. The van der Waals surface area contributed by atoms with Crippen molar-refractivity contribution < 1.29 is 9.47 Å². The number of hydrogen-bond acceptors (Lipinski definition) is 4. The standard InChI is InChI=1S/C26H26N4O2S/c1-31-22-14-12-21(13-15-22)28-26(33)29-27-18-20-19-30(25-11-6-5-10-24(20)25)16-7-17-32-23-8-3-2-4-9-23/h2-6,8-15,18-19H,7,16-17H2,1H3,(H2,28,29,33). The second kappa shape index (κ2) is 11.2. The van der Waals surface area contributed by atoms with Gasteiger partial charge < -0.3 is 19.4 Å². The molecule has 0 aliphatic carbocycles. The van der Waals surface area contributed by atoms with Gasteiger partial charge in [0.2, 0.25) is 0 Å². The number of benzene rings is 3. The maximum Gasteiger partial charge on any atom is 0.191 e. The van der Waals surface area contributed by atoms with Gasteiger partial charge in [-0.2, -0.15) is 5.10 Å². The number of ether oxygens (including phenoxy) is 2. The first-order chi connectivity index (χ1) is 16.2. The second-order valence-electron chi connectivity index (χ2n) is 7.36. The number of thiocarbonyl (C=S) groups is 1. The van der Waals surface area contributed by atoms with Crippen molar-refractivity contribution in [2.45, 2.75) is 13.0 Å². The minimum atomic E-state index is 0.415. The average molecular weight is 459 g/mol. The number of para-hydroxylation sites is 2. The van der Waals surface area contributed by atoms with Crippen LogP contribution in [-0.4, -0.2) is 29.6 Å². The minimum Gasteiger partial charge on any atom is -0.497 e. The van der Waals surface area contributed by atoms with Gasteiger partial charge in [-0.05, 0) is 61.1 Å². The van der Waals surface area contributed by atoms with E-state index >= 15 is 0 Å². The van der Waals surface area contributed by atoms with E-state index in [4.69, 9.17) is 21.7 Å². The van der Waals surface area contributed by atoms with Crippen LogP contribution >= 0.6 is 12.2 Å². The fraction of sp³-hybridized carbons (Fsp3) is 0.154. The number of methoxy groups -OCH3 is 1. The monoisotopic (exact) mass is 458 g/mol. The van der Waals surface area contributed by atoms with E-state index in [1.54, 1.807) is 13.3 Å². The SMILES string of the molecule is COc1ccc(NC(=S)NN=Cc2cn(CCCOc3ccccc3)c3ccccc23)cc1. The molecule has 1 heterocycles. The molecule has 2 N–H and O–H groups in total. The lowest BCUT2D eigenvalue weighted by Crippen LogP contribution is -2.23. The Morgan fingerprint density at radius 1 is 0.970 bits per heavy atom. The van der Waals surface area contributed by atoms with E-state index in [0.29, 0.717) is 11.7 Å². The van der Waals surface area contributed by atoms with Crippen LogP contribution in [0.3, 0.4) is 0 Å². The molecule has 0 bridgehead atoms. The summed E-state index contributed by atoms with van der Waals surface area (Å²) < 4.78 is 13.2. The van der Waals surface area contributed by atoms with E-state index in [0.717, 1.165) is 46.6 Å². The number of rotatable bonds is 9. The van der Waals surface area contributed by atoms with Crippen molar-refractivity contribution in [2.24, 2.45) is 5.10 Å². The van der Waals surface area contributed by atoms with Gasteiger partial charge in [-0.15, -0.1) is 0 Å². The van der Waals surface area contributed by atoms with Crippen LogP contribution in [0.25, 0.3) is 10.9 Å². The number of nitrogens with zero attached hydrogens (tertiary/aromatic N) is 2. The third kappa shape index (κ3) is 6.11. The zero-order chi connectivity index (χ0) is 22.9. The van der Waals surface area contributed by atoms with Crippen LogP contribution in [0, 0.1) is 0 Å². The number of aryl methyl sites for hydroxylation is 1. The highest BCUT2D eigenvalue weighted by Gasteiger charge is 2.07. The van der Waals surface area contributed by atoms with Gasteiger partial charge in [0.25, 0.3) is 0 Å². The minimum absolute atomic E-state index is 0.415. The molecule has 0 fully saturated rings. The van der Waals surface area contributed by atoms with Crippen LogP contribution in [-0.2, 0) is 6.54 Å². The number of nitrogens with one attached hydrogen (secondary N) is 2. The van der Waals surface area contributed by atoms with Gasteiger partial charge in [-0.1, -0.05) is 36.4 Å². The summed E-state index contributed by atoms with van der Waals surface area (Å²) in [4.78, 5) is 0. The molecule has 4 aromatic rings. The molecule has 0 amide bonds. The quantitative estimate of drug-likeness (QED) is 0.151. The van der Waals surface area contributed by atoms with Gasteiger partial charge in [0.15, 0.2) is 5.11 Å².